The number of hydrogen-bond acceptors (Lipinski definition) is 4. The maximum absolute atomic E-state index is 12.7. The Hall–Kier alpha value is -3.35. The van der Waals surface area contributed by atoms with E-state index in [1.165, 1.54) is 0 Å². The summed E-state index contributed by atoms with van der Waals surface area (Å²) in [7, 11) is 0. The first kappa shape index (κ1) is 21.4. The van der Waals surface area contributed by atoms with Gasteiger partial charge in [-0.2, -0.15) is 0 Å². The number of benzene rings is 2. The Balaban J connectivity index is 1.66. The molecule has 0 radical (unpaired) electrons. The molecule has 0 spiro atoms. The Morgan fingerprint density at radius 1 is 1.07 bits per heavy atom. The van der Waals surface area contributed by atoms with Crippen LogP contribution in [0.3, 0.4) is 0 Å². The van der Waals surface area contributed by atoms with Crippen LogP contribution in [-0.4, -0.2) is 34.1 Å². The molecule has 7 nitrogen and oxygen atoms in total. The highest BCUT2D eigenvalue weighted by molar-refractivity contribution is 5.94. The molecule has 158 valence electrons. The molecule has 3 aromatic rings. The van der Waals surface area contributed by atoms with Crippen molar-refractivity contribution in [3.8, 4) is 0 Å². The van der Waals surface area contributed by atoms with Crippen LogP contribution in [0.15, 0.2) is 54.6 Å². The number of alkyl carbamates (subject to hydrolysis) is 1. The van der Waals surface area contributed by atoms with Crippen molar-refractivity contribution in [1.29, 1.82) is 0 Å². The van der Waals surface area contributed by atoms with Gasteiger partial charge in [-0.05, 0) is 57.9 Å². The number of rotatable bonds is 7. The number of hydrogen-bond donors (Lipinski definition) is 3. The molecule has 0 fully saturated rings. The fourth-order valence-corrected chi connectivity index (χ4v) is 3.06. The number of carbonyl (C=O) groups is 2. The molecule has 3 rings (SSSR count). The van der Waals surface area contributed by atoms with E-state index in [9.17, 15) is 9.59 Å². The number of imidazole rings is 1. The van der Waals surface area contributed by atoms with Crippen LogP contribution in [0.25, 0.3) is 11.0 Å². The Morgan fingerprint density at radius 3 is 2.47 bits per heavy atom. The van der Waals surface area contributed by atoms with E-state index in [0.717, 1.165) is 11.0 Å². The first-order valence-corrected chi connectivity index (χ1v) is 10.1. The molecule has 30 heavy (non-hydrogen) atoms. The lowest BCUT2D eigenvalue weighted by Gasteiger charge is -2.20. The normalized spacial score (nSPS) is 12.4. The van der Waals surface area contributed by atoms with E-state index in [0.29, 0.717) is 30.8 Å². The van der Waals surface area contributed by atoms with Gasteiger partial charge in [0.25, 0.3) is 5.91 Å². The van der Waals surface area contributed by atoms with Gasteiger partial charge in [-0.3, -0.25) is 4.79 Å². The van der Waals surface area contributed by atoms with E-state index >= 15 is 0 Å². The fourth-order valence-electron chi connectivity index (χ4n) is 3.06. The minimum atomic E-state index is -0.537. The minimum absolute atomic E-state index is 0.166. The second-order valence-corrected chi connectivity index (χ2v) is 8.10. The summed E-state index contributed by atoms with van der Waals surface area (Å²) in [5.41, 5.74) is 1.81. The third-order valence-corrected chi connectivity index (χ3v) is 4.42. The molecule has 0 unspecified atom stereocenters. The molecule has 2 aromatic carbocycles. The van der Waals surface area contributed by atoms with E-state index in [2.05, 4.69) is 20.6 Å². The summed E-state index contributed by atoms with van der Waals surface area (Å²) in [6.07, 6.45) is 0.806. The van der Waals surface area contributed by atoms with Crippen LogP contribution in [0, 0.1) is 0 Å². The van der Waals surface area contributed by atoms with Gasteiger partial charge in [0.1, 0.15) is 11.4 Å². The van der Waals surface area contributed by atoms with Crippen LogP contribution in [0.5, 0.6) is 0 Å². The largest absolute Gasteiger partial charge is 0.444 e. The molecule has 0 aliphatic rings. The summed E-state index contributed by atoms with van der Waals surface area (Å²) in [5, 5.41) is 5.81. The van der Waals surface area contributed by atoms with Gasteiger partial charge >= 0.3 is 6.09 Å². The van der Waals surface area contributed by atoms with E-state index in [1.54, 1.807) is 12.1 Å². The molecule has 0 aliphatic carbocycles. The number of aromatic amines is 1. The molecule has 3 N–H and O–H groups in total. The van der Waals surface area contributed by atoms with Crippen LogP contribution < -0.4 is 10.6 Å². The lowest BCUT2D eigenvalue weighted by molar-refractivity contribution is 0.0526. The average Bonchev–Trinajstić information content (AvgIpc) is 3.13. The number of nitrogens with zero attached hydrogens (tertiary/aromatic N) is 1. The second-order valence-electron chi connectivity index (χ2n) is 8.10. The standard InChI is InChI=1S/C23H28N4O3/c1-23(2,3)30-22(29)24-15-9-14-19(27-21(28)16-10-5-4-6-11-16)20-25-17-12-7-8-13-18(17)26-20/h4-8,10-13,19H,9,14-15H2,1-3H3,(H,24,29)(H,25,26)(H,27,28)/t19-/m0/s1. The van der Waals surface area contributed by atoms with Gasteiger partial charge in [0.05, 0.1) is 17.1 Å². The highest BCUT2D eigenvalue weighted by Crippen LogP contribution is 2.20. The van der Waals surface area contributed by atoms with Gasteiger partial charge in [0, 0.05) is 12.1 Å². The first-order valence-electron chi connectivity index (χ1n) is 10.1. The summed E-state index contributed by atoms with van der Waals surface area (Å²) in [5.74, 6) is 0.527. The quantitative estimate of drug-likeness (QED) is 0.507. The molecule has 0 aliphatic heterocycles. The molecule has 0 saturated carbocycles. The Morgan fingerprint density at radius 2 is 1.77 bits per heavy atom. The Kier molecular flexibility index (Phi) is 6.72. The van der Waals surface area contributed by atoms with Crippen molar-refractivity contribution >= 4 is 23.0 Å². The maximum atomic E-state index is 12.7. The van der Waals surface area contributed by atoms with Crippen LogP contribution in [-0.2, 0) is 4.74 Å². The molecule has 0 bridgehead atoms. The monoisotopic (exact) mass is 408 g/mol. The SMILES string of the molecule is CC(C)(C)OC(=O)NCCC[C@H](NC(=O)c1ccccc1)c1nc2ccccc2[nH]1. The van der Waals surface area contributed by atoms with Gasteiger partial charge < -0.3 is 20.4 Å². The molecular weight excluding hydrogens is 380 g/mol. The third kappa shape index (κ3) is 6.07. The van der Waals surface area contributed by atoms with Crippen LogP contribution >= 0.6 is 0 Å². The Bertz CT molecular complexity index is 959. The van der Waals surface area contributed by atoms with E-state index in [4.69, 9.17) is 4.74 Å². The lowest BCUT2D eigenvalue weighted by Crippen LogP contribution is -2.34. The number of H-pyrrole nitrogens is 1. The molecule has 2 amide bonds. The number of ether oxygens (including phenoxy) is 1. The zero-order valence-electron chi connectivity index (χ0n) is 17.6. The predicted molar refractivity (Wildman–Crippen MR) is 116 cm³/mol. The van der Waals surface area contributed by atoms with Crippen LogP contribution in [0.2, 0.25) is 0 Å². The smallest absolute Gasteiger partial charge is 0.407 e. The van der Waals surface area contributed by atoms with Crippen molar-refractivity contribution in [1.82, 2.24) is 20.6 Å². The summed E-state index contributed by atoms with van der Waals surface area (Å²) >= 11 is 0. The third-order valence-electron chi connectivity index (χ3n) is 4.42. The fraction of sp³-hybridized carbons (Fsp3) is 0.348. The zero-order valence-corrected chi connectivity index (χ0v) is 17.6. The number of aromatic nitrogens is 2. The maximum Gasteiger partial charge on any atom is 0.407 e. The minimum Gasteiger partial charge on any atom is -0.444 e. The van der Waals surface area contributed by atoms with Gasteiger partial charge in [-0.25, -0.2) is 9.78 Å². The van der Waals surface area contributed by atoms with Crippen molar-refractivity contribution in [2.75, 3.05) is 6.54 Å². The average molecular weight is 409 g/mol. The van der Waals surface area contributed by atoms with E-state index < -0.39 is 11.7 Å². The molecule has 1 heterocycles. The van der Waals surface area contributed by atoms with Crippen molar-refractivity contribution < 1.29 is 14.3 Å². The van der Waals surface area contributed by atoms with Gasteiger partial charge in [-0.1, -0.05) is 30.3 Å². The van der Waals surface area contributed by atoms with E-state index in [-0.39, 0.29) is 11.9 Å². The summed E-state index contributed by atoms with van der Waals surface area (Å²) in [6.45, 7) is 5.91. The van der Waals surface area contributed by atoms with Crippen LogP contribution in [0.1, 0.15) is 55.8 Å². The highest BCUT2D eigenvalue weighted by Gasteiger charge is 2.20. The summed E-state index contributed by atoms with van der Waals surface area (Å²) < 4.78 is 5.25. The van der Waals surface area contributed by atoms with Crippen molar-refractivity contribution in [2.45, 2.75) is 45.3 Å². The zero-order chi connectivity index (χ0) is 21.6. The number of para-hydroxylation sites is 2. The van der Waals surface area contributed by atoms with Crippen molar-refractivity contribution in [3.05, 3.63) is 66.0 Å². The topological polar surface area (TPSA) is 96.1 Å². The summed E-state index contributed by atoms with van der Waals surface area (Å²) in [4.78, 5) is 32.5. The number of amides is 2. The molecular formula is C23H28N4O3. The first-order chi connectivity index (χ1) is 14.3. The van der Waals surface area contributed by atoms with E-state index in [1.807, 2.05) is 63.2 Å². The van der Waals surface area contributed by atoms with Gasteiger partial charge in [0.15, 0.2) is 0 Å². The number of fused-ring (bicyclic) bond motifs is 1. The van der Waals surface area contributed by atoms with Crippen molar-refractivity contribution in [3.63, 3.8) is 0 Å². The van der Waals surface area contributed by atoms with Gasteiger partial charge in [-0.15, -0.1) is 0 Å². The summed E-state index contributed by atoms with van der Waals surface area (Å²) in [6, 6.07) is 16.5. The van der Waals surface area contributed by atoms with Gasteiger partial charge in [0.2, 0.25) is 0 Å². The Labute approximate surface area is 176 Å². The molecule has 0 saturated heterocycles. The second kappa shape index (κ2) is 9.43. The lowest BCUT2D eigenvalue weighted by atomic mass is 10.1. The van der Waals surface area contributed by atoms with Crippen LogP contribution in [0.4, 0.5) is 4.79 Å². The molecule has 7 heteroatoms. The number of carbonyl (C=O) groups excluding carboxylic acids is 2. The molecule has 1 aromatic heterocycles. The molecule has 1 atom stereocenters. The predicted octanol–water partition coefficient (Wildman–Crippen LogP) is 4.34. The van der Waals surface area contributed by atoms with Crippen molar-refractivity contribution in [2.24, 2.45) is 0 Å². The number of nitrogens with one attached hydrogen (secondary N) is 3. The highest BCUT2D eigenvalue weighted by atomic mass is 16.6.